The van der Waals surface area contributed by atoms with E-state index in [0.717, 1.165) is 6.07 Å². The first-order valence-electron chi connectivity index (χ1n) is 8.82. The van der Waals surface area contributed by atoms with Gasteiger partial charge < -0.3 is 14.6 Å². The fourth-order valence-electron chi connectivity index (χ4n) is 2.57. The highest BCUT2D eigenvalue weighted by molar-refractivity contribution is 7.92. The Bertz CT molecular complexity index is 1130. The van der Waals surface area contributed by atoms with E-state index in [9.17, 15) is 17.6 Å². The van der Waals surface area contributed by atoms with Crippen molar-refractivity contribution >= 4 is 21.7 Å². The van der Waals surface area contributed by atoms with Gasteiger partial charge in [0.1, 0.15) is 41.0 Å². The van der Waals surface area contributed by atoms with Crippen molar-refractivity contribution < 1.29 is 32.2 Å². The Labute approximate surface area is 172 Å². The van der Waals surface area contributed by atoms with Crippen LogP contribution in [-0.2, 0) is 10.0 Å². The first kappa shape index (κ1) is 21.1. The third-order valence-corrected chi connectivity index (χ3v) is 5.37. The first-order chi connectivity index (χ1) is 14.4. The van der Waals surface area contributed by atoms with Crippen molar-refractivity contribution in [2.45, 2.75) is 4.90 Å². The lowest BCUT2D eigenvalue weighted by atomic mass is 10.2. The zero-order chi connectivity index (χ0) is 21.6. The van der Waals surface area contributed by atoms with Gasteiger partial charge in [-0.1, -0.05) is 24.3 Å². The van der Waals surface area contributed by atoms with Gasteiger partial charge in [0.25, 0.3) is 10.0 Å². The van der Waals surface area contributed by atoms with Crippen LogP contribution in [-0.4, -0.2) is 32.7 Å². The Morgan fingerprint density at radius 2 is 1.53 bits per heavy atom. The van der Waals surface area contributed by atoms with Crippen LogP contribution in [0.4, 0.5) is 10.1 Å². The Morgan fingerprint density at radius 3 is 2.23 bits per heavy atom. The molecule has 0 aliphatic carbocycles. The quantitative estimate of drug-likeness (QED) is 0.500. The molecule has 0 heterocycles. The van der Waals surface area contributed by atoms with Gasteiger partial charge in [0.2, 0.25) is 0 Å². The second-order valence-corrected chi connectivity index (χ2v) is 7.71. The van der Waals surface area contributed by atoms with Gasteiger partial charge >= 0.3 is 5.97 Å². The summed E-state index contributed by atoms with van der Waals surface area (Å²) in [5, 5.41) is 9.11. The highest BCUT2D eigenvalue weighted by Crippen LogP contribution is 2.21. The monoisotopic (exact) mass is 431 g/mol. The summed E-state index contributed by atoms with van der Waals surface area (Å²) in [5.74, 6) is -1.22. The maximum atomic E-state index is 13.7. The summed E-state index contributed by atoms with van der Waals surface area (Å²) in [6.07, 6.45) is 0. The highest BCUT2D eigenvalue weighted by atomic mass is 32.2. The van der Waals surface area contributed by atoms with Crippen molar-refractivity contribution in [2.75, 3.05) is 17.9 Å². The van der Waals surface area contributed by atoms with Gasteiger partial charge in [-0.15, -0.1) is 0 Å². The second kappa shape index (κ2) is 9.27. The van der Waals surface area contributed by atoms with Crippen molar-refractivity contribution in [3.05, 3.63) is 84.2 Å². The molecule has 30 heavy (non-hydrogen) atoms. The van der Waals surface area contributed by atoms with Gasteiger partial charge in [0.15, 0.2) is 0 Å². The molecule has 0 atom stereocenters. The van der Waals surface area contributed by atoms with E-state index in [1.807, 2.05) is 0 Å². The summed E-state index contributed by atoms with van der Waals surface area (Å²) >= 11 is 0. The van der Waals surface area contributed by atoms with E-state index in [2.05, 4.69) is 4.72 Å². The number of carboxylic acid groups (broad SMARTS) is 1. The number of carboxylic acids is 1. The molecular weight excluding hydrogens is 413 g/mol. The molecule has 0 spiro atoms. The Hall–Kier alpha value is -3.59. The van der Waals surface area contributed by atoms with Gasteiger partial charge in [0, 0.05) is 5.69 Å². The predicted octanol–water partition coefficient (Wildman–Crippen LogP) is 3.78. The van der Waals surface area contributed by atoms with Crippen LogP contribution in [0.2, 0.25) is 0 Å². The average molecular weight is 431 g/mol. The van der Waals surface area contributed by atoms with Crippen LogP contribution in [0.5, 0.6) is 11.5 Å². The number of anilines is 1. The molecule has 2 N–H and O–H groups in total. The van der Waals surface area contributed by atoms with E-state index in [1.54, 1.807) is 30.3 Å². The van der Waals surface area contributed by atoms with E-state index in [0.29, 0.717) is 5.75 Å². The molecule has 3 aromatic rings. The number of nitrogens with one attached hydrogen (secondary N) is 1. The number of para-hydroxylation sites is 1. The van der Waals surface area contributed by atoms with E-state index < -0.39 is 26.7 Å². The molecule has 0 radical (unpaired) electrons. The lowest BCUT2D eigenvalue weighted by Crippen LogP contribution is -2.14. The number of aromatic carboxylic acids is 1. The highest BCUT2D eigenvalue weighted by Gasteiger charge is 2.18. The minimum atomic E-state index is -4.05. The number of hydrogen-bond donors (Lipinski definition) is 2. The summed E-state index contributed by atoms with van der Waals surface area (Å²) in [6.45, 7) is 0.264. The van der Waals surface area contributed by atoms with Gasteiger partial charge in [-0.3, -0.25) is 4.72 Å². The minimum Gasteiger partial charge on any atom is -0.490 e. The number of carbonyl (C=O) groups is 1. The van der Waals surface area contributed by atoms with Gasteiger partial charge in [0.05, 0.1) is 0 Å². The molecule has 0 aromatic heterocycles. The molecule has 156 valence electrons. The lowest BCUT2D eigenvalue weighted by molar-refractivity contribution is 0.0691. The third-order valence-electron chi connectivity index (χ3n) is 3.96. The average Bonchev–Trinajstić information content (AvgIpc) is 2.72. The normalized spacial score (nSPS) is 11.0. The molecule has 0 fully saturated rings. The SMILES string of the molecule is O=C(O)c1ccccc1OCCOc1ccc(NS(=O)(=O)c2ccccc2F)cc1. The lowest BCUT2D eigenvalue weighted by Gasteiger charge is -2.11. The summed E-state index contributed by atoms with van der Waals surface area (Å²) in [7, 11) is -4.05. The number of halogens is 1. The molecule has 0 aliphatic heterocycles. The number of benzene rings is 3. The Balaban J connectivity index is 1.54. The molecule has 0 unspecified atom stereocenters. The second-order valence-electron chi connectivity index (χ2n) is 6.06. The van der Waals surface area contributed by atoms with E-state index in [-0.39, 0.29) is 30.2 Å². The molecule has 0 saturated carbocycles. The zero-order valence-electron chi connectivity index (χ0n) is 15.6. The molecular formula is C21H18FNO6S. The van der Waals surface area contributed by atoms with Crippen molar-refractivity contribution in [3.63, 3.8) is 0 Å². The third kappa shape index (κ3) is 5.26. The topological polar surface area (TPSA) is 102 Å². The number of hydrogen-bond acceptors (Lipinski definition) is 5. The molecule has 9 heteroatoms. The fraction of sp³-hybridized carbons (Fsp3) is 0.0952. The standard InChI is InChI=1S/C21H18FNO6S/c22-18-6-2-4-8-20(18)30(26,27)23-15-9-11-16(12-10-15)28-13-14-29-19-7-3-1-5-17(19)21(24)25/h1-12,23H,13-14H2,(H,24,25). The number of ether oxygens (including phenoxy) is 2. The molecule has 0 bridgehead atoms. The maximum Gasteiger partial charge on any atom is 0.339 e. The van der Waals surface area contributed by atoms with Crippen molar-refractivity contribution in [3.8, 4) is 11.5 Å². The zero-order valence-corrected chi connectivity index (χ0v) is 16.4. The molecule has 0 saturated heterocycles. The summed E-state index contributed by atoms with van der Waals surface area (Å²) in [5.41, 5.74) is 0.307. The van der Waals surface area contributed by atoms with E-state index in [1.165, 1.54) is 36.4 Å². The van der Waals surface area contributed by atoms with Crippen molar-refractivity contribution in [1.29, 1.82) is 0 Å². The number of sulfonamides is 1. The van der Waals surface area contributed by atoms with Crippen LogP contribution in [0.15, 0.2) is 77.7 Å². The molecule has 3 rings (SSSR count). The van der Waals surface area contributed by atoms with Crippen LogP contribution in [0, 0.1) is 5.82 Å². The van der Waals surface area contributed by atoms with E-state index >= 15 is 0 Å². The molecule has 7 nitrogen and oxygen atoms in total. The smallest absolute Gasteiger partial charge is 0.339 e. The van der Waals surface area contributed by atoms with Gasteiger partial charge in [-0.05, 0) is 48.5 Å². The maximum absolute atomic E-state index is 13.7. The van der Waals surface area contributed by atoms with Crippen molar-refractivity contribution in [1.82, 2.24) is 0 Å². The van der Waals surface area contributed by atoms with Gasteiger partial charge in [-0.2, -0.15) is 0 Å². The number of rotatable bonds is 9. The summed E-state index contributed by atoms with van der Waals surface area (Å²) < 4.78 is 51.6. The molecule has 0 aliphatic rings. The largest absolute Gasteiger partial charge is 0.490 e. The Kier molecular flexibility index (Phi) is 6.53. The Morgan fingerprint density at radius 1 is 0.900 bits per heavy atom. The van der Waals surface area contributed by atoms with Gasteiger partial charge in [-0.25, -0.2) is 17.6 Å². The van der Waals surface area contributed by atoms with Crippen LogP contribution < -0.4 is 14.2 Å². The first-order valence-corrected chi connectivity index (χ1v) is 10.3. The molecule has 3 aromatic carbocycles. The minimum absolute atomic E-state index is 0.0592. The van der Waals surface area contributed by atoms with Crippen LogP contribution in [0.25, 0.3) is 0 Å². The summed E-state index contributed by atoms with van der Waals surface area (Å²) in [4.78, 5) is 10.7. The summed E-state index contributed by atoms with van der Waals surface area (Å²) in [6, 6.07) is 17.4. The van der Waals surface area contributed by atoms with Crippen LogP contribution in [0.3, 0.4) is 0 Å². The van der Waals surface area contributed by atoms with Crippen molar-refractivity contribution in [2.24, 2.45) is 0 Å². The molecule has 0 amide bonds. The van der Waals surface area contributed by atoms with Crippen LogP contribution >= 0.6 is 0 Å². The predicted molar refractivity (Wildman–Crippen MR) is 108 cm³/mol. The fourth-order valence-corrected chi connectivity index (χ4v) is 3.71. The van der Waals surface area contributed by atoms with E-state index in [4.69, 9.17) is 14.6 Å². The van der Waals surface area contributed by atoms with Crippen LogP contribution in [0.1, 0.15) is 10.4 Å².